The van der Waals surface area contributed by atoms with E-state index in [1.165, 1.54) is 25.3 Å². The van der Waals surface area contributed by atoms with Gasteiger partial charge in [0.15, 0.2) is 0 Å². The summed E-state index contributed by atoms with van der Waals surface area (Å²) in [6.45, 7) is 2.15. The fourth-order valence-corrected chi connectivity index (χ4v) is 2.61. The Balaban J connectivity index is 0.00000289. The Morgan fingerprint density at radius 2 is 1.67 bits per heavy atom. The Bertz CT molecular complexity index is 443. The third-order valence-corrected chi connectivity index (χ3v) is 3.73. The van der Waals surface area contributed by atoms with E-state index in [9.17, 15) is 13.0 Å². The molecule has 0 amide bonds. The molecule has 0 unspecified atom stereocenters. The SMILES string of the molecule is CCCCCCCc1ccccc1S(=O)(=O)[O-].[K+]. The van der Waals surface area contributed by atoms with Gasteiger partial charge in [-0.15, -0.1) is 0 Å². The maximum Gasteiger partial charge on any atom is 1.00 e. The minimum absolute atomic E-state index is 0. The van der Waals surface area contributed by atoms with Crippen LogP contribution < -0.4 is 51.4 Å². The molecule has 0 atom stereocenters. The van der Waals surface area contributed by atoms with Gasteiger partial charge in [-0.25, -0.2) is 8.42 Å². The molecule has 0 N–H and O–H groups in total. The number of hydrogen-bond donors (Lipinski definition) is 0. The largest absolute Gasteiger partial charge is 1.00 e. The number of aryl methyl sites for hydroxylation is 1. The summed E-state index contributed by atoms with van der Waals surface area (Å²) in [4.78, 5) is -0.0597. The van der Waals surface area contributed by atoms with Gasteiger partial charge in [0.2, 0.25) is 0 Å². The first-order valence-corrected chi connectivity index (χ1v) is 7.50. The summed E-state index contributed by atoms with van der Waals surface area (Å²) in [5.74, 6) is 0. The van der Waals surface area contributed by atoms with E-state index in [4.69, 9.17) is 0 Å². The fraction of sp³-hybridized carbons (Fsp3) is 0.538. The molecule has 0 spiro atoms. The molecule has 0 fully saturated rings. The van der Waals surface area contributed by atoms with Gasteiger partial charge < -0.3 is 4.55 Å². The average Bonchev–Trinajstić information content (AvgIpc) is 2.28. The average molecular weight is 294 g/mol. The standard InChI is InChI=1S/C13H20O3S.K/c1-2-3-4-5-6-9-12-10-7-8-11-13(12)17(14,15)16;/h7-8,10-11H,2-6,9H2,1H3,(H,14,15,16);/q;+1/p-1. The molecular weight excluding hydrogens is 275 g/mol. The molecular formula is C13H19KO3S. The number of hydrogen-bond acceptors (Lipinski definition) is 3. The molecule has 0 bridgehead atoms. The van der Waals surface area contributed by atoms with Crippen LogP contribution in [0.1, 0.15) is 44.6 Å². The summed E-state index contributed by atoms with van der Waals surface area (Å²) in [5.41, 5.74) is 0.652. The van der Waals surface area contributed by atoms with Crippen LogP contribution in [-0.2, 0) is 16.5 Å². The van der Waals surface area contributed by atoms with E-state index in [0.717, 1.165) is 12.8 Å². The van der Waals surface area contributed by atoms with Crippen molar-refractivity contribution < 1.29 is 64.4 Å². The van der Waals surface area contributed by atoms with E-state index in [1.54, 1.807) is 18.2 Å². The van der Waals surface area contributed by atoms with Crippen molar-refractivity contribution in [2.45, 2.75) is 50.3 Å². The van der Waals surface area contributed by atoms with Gasteiger partial charge in [0.1, 0.15) is 10.1 Å². The summed E-state index contributed by atoms with van der Waals surface area (Å²) >= 11 is 0. The van der Waals surface area contributed by atoms with E-state index in [2.05, 4.69) is 6.92 Å². The van der Waals surface area contributed by atoms with Gasteiger partial charge in [0.05, 0.1) is 4.90 Å². The van der Waals surface area contributed by atoms with Crippen LogP contribution in [-0.4, -0.2) is 13.0 Å². The second-order valence-electron chi connectivity index (χ2n) is 4.23. The van der Waals surface area contributed by atoms with E-state index in [0.29, 0.717) is 12.0 Å². The zero-order valence-electron chi connectivity index (χ0n) is 11.2. The van der Waals surface area contributed by atoms with Crippen molar-refractivity contribution in [3.8, 4) is 0 Å². The molecule has 0 heterocycles. The monoisotopic (exact) mass is 294 g/mol. The molecule has 1 aromatic carbocycles. The molecule has 0 saturated heterocycles. The molecule has 0 aliphatic rings. The minimum Gasteiger partial charge on any atom is -0.744 e. The summed E-state index contributed by atoms with van der Waals surface area (Å²) in [7, 11) is -4.33. The normalized spacial score (nSPS) is 11.0. The van der Waals surface area contributed by atoms with Crippen molar-refractivity contribution in [1.29, 1.82) is 0 Å². The van der Waals surface area contributed by atoms with Crippen LogP contribution in [0, 0.1) is 0 Å². The Kier molecular flexibility index (Phi) is 10.0. The molecule has 0 aromatic heterocycles. The van der Waals surface area contributed by atoms with E-state index < -0.39 is 10.1 Å². The molecule has 0 aliphatic heterocycles. The van der Waals surface area contributed by atoms with Crippen molar-refractivity contribution in [1.82, 2.24) is 0 Å². The molecule has 1 aromatic rings. The second kappa shape index (κ2) is 9.64. The van der Waals surface area contributed by atoms with Gasteiger partial charge in [0.25, 0.3) is 0 Å². The van der Waals surface area contributed by atoms with E-state index >= 15 is 0 Å². The summed E-state index contributed by atoms with van der Waals surface area (Å²) in [6.07, 6.45) is 6.25. The fourth-order valence-electron chi connectivity index (χ4n) is 1.87. The molecule has 1 rings (SSSR count). The first-order chi connectivity index (χ1) is 8.05. The van der Waals surface area contributed by atoms with E-state index in [1.807, 2.05) is 0 Å². The zero-order chi connectivity index (χ0) is 12.7. The molecule has 96 valence electrons. The van der Waals surface area contributed by atoms with Crippen molar-refractivity contribution >= 4 is 10.1 Å². The van der Waals surface area contributed by atoms with Crippen molar-refractivity contribution in [2.75, 3.05) is 0 Å². The van der Waals surface area contributed by atoms with Crippen LogP contribution in [0.25, 0.3) is 0 Å². The predicted molar refractivity (Wildman–Crippen MR) is 66.9 cm³/mol. The molecule has 0 aliphatic carbocycles. The van der Waals surface area contributed by atoms with Crippen LogP contribution >= 0.6 is 0 Å². The Morgan fingerprint density at radius 3 is 2.28 bits per heavy atom. The quantitative estimate of drug-likeness (QED) is 0.407. The summed E-state index contributed by atoms with van der Waals surface area (Å²) in [6, 6.07) is 6.48. The van der Waals surface area contributed by atoms with Gasteiger partial charge in [0, 0.05) is 0 Å². The number of benzene rings is 1. The minimum atomic E-state index is -4.33. The predicted octanol–water partition coefficient (Wildman–Crippen LogP) is 0.108. The van der Waals surface area contributed by atoms with Crippen LogP contribution in [0.3, 0.4) is 0 Å². The first-order valence-electron chi connectivity index (χ1n) is 6.09. The van der Waals surface area contributed by atoms with Crippen molar-refractivity contribution in [2.24, 2.45) is 0 Å². The maximum absolute atomic E-state index is 11.0. The van der Waals surface area contributed by atoms with Gasteiger partial charge >= 0.3 is 51.4 Å². The van der Waals surface area contributed by atoms with Crippen LogP contribution in [0.2, 0.25) is 0 Å². The Labute approximate surface area is 153 Å². The number of unbranched alkanes of at least 4 members (excludes halogenated alkanes) is 4. The molecule has 5 heteroatoms. The van der Waals surface area contributed by atoms with Gasteiger partial charge in [-0.3, -0.25) is 0 Å². The summed E-state index contributed by atoms with van der Waals surface area (Å²) in [5, 5.41) is 0. The number of rotatable bonds is 7. The first kappa shape index (κ1) is 18.8. The van der Waals surface area contributed by atoms with E-state index in [-0.39, 0.29) is 56.3 Å². The summed E-state index contributed by atoms with van der Waals surface area (Å²) < 4.78 is 33.1. The van der Waals surface area contributed by atoms with Gasteiger partial charge in [-0.1, -0.05) is 50.8 Å². The smallest absolute Gasteiger partial charge is 0.744 e. The molecule has 0 saturated carbocycles. The topological polar surface area (TPSA) is 57.2 Å². The maximum atomic E-state index is 11.0. The van der Waals surface area contributed by atoms with Crippen molar-refractivity contribution in [3.63, 3.8) is 0 Å². The van der Waals surface area contributed by atoms with Crippen molar-refractivity contribution in [3.05, 3.63) is 29.8 Å². The Morgan fingerprint density at radius 1 is 1.06 bits per heavy atom. The Hall–Kier alpha value is 0.766. The molecule has 0 radical (unpaired) electrons. The molecule has 3 nitrogen and oxygen atoms in total. The second-order valence-corrected chi connectivity index (χ2v) is 5.57. The molecule has 18 heavy (non-hydrogen) atoms. The van der Waals surface area contributed by atoms with Crippen LogP contribution in [0.5, 0.6) is 0 Å². The zero-order valence-corrected chi connectivity index (χ0v) is 15.1. The van der Waals surface area contributed by atoms with Gasteiger partial charge in [-0.05, 0) is 24.5 Å². The van der Waals surface area contributed by atoms with Crippen LogP contribution in [0.4, 0.5) is 0 Å². The third-order valence-electron chi connectivity index (χ3n) is 2.79. The van der Waals surface area contributed by atoms with Gasteiger partial charge in [-0.2, -0.15) is 0 Å². The third kappa shape index (κ3) is 6.79. The van der Waals surface area contributed by atoms with Crippen LogP contribution in [0.15, 0.2) is 29.2 Å².